The predicted molar refractivity (Wildman–Crippen MR) is 117 cm³/mol. The van der Waals surface area contributed by atoms with Gasteiger partial charge in [0.05, 0.1) is 0 Å². The standard InChI is InChI=1S/C23H25N5O3/c1-27-12-10-19(29)21(31-15-16-5-3-2-4-6-16)20(27)22(30)28-13-8-17(9-14-28)18-7-11-25-23(24)26-18/h2-7,10-12,17H,8-9,13-15H2,1H3,(H2,24,25,26). The molecule has 3 aromatic rings. The quantitative estimate of drug-likeness (QED) is 0.681. The number of carbonyl (C=O) groups excluding carboxylic acids is 1. The van der Waals surface area contributed by atoms with Crippen molar-refractivity contribution in [2.75, 3.05) is 18.8 Å². The molecule has 1 amide bonds. The Bertz CT molecular complexity index is 1120. The molecule has 0 saturated carbocycles. The van der Waals surface area contributed by atoms with Gasteiger partial charge in [-0.2, -0.15) is 0 Å². The molecule has 1 saturated heterocycles. The van der Waals surface area contributed by atoms with Gasteiger partial charge in [-0.25, -0.2) is 9.97 Å². The van der Waals surface area contributed by atoms with Crippen molar-refractivity contribution < 1.29 is 9.53 Å². The van der Waals surface area contributed by atoms with Crippen LogP contribution in [0.2, 0.25) is 0 Å². The zero-order valence-electron chi connectivity index (χ0n) is 17.4. The number of hydrogen-bond acceptors (Lipinski definition) is 6. The second kappa shape index (κ2) is 8.99. The molecular weight excluding hydrogens is 394 g/mol. The average molecular weight is 419 g/mol. The lowest BCUT2D eigenvalue weighted by Gasteiger charge is -2.32. The Morgan fingerprint density at radius 3 is 2.61 bits per heavy atom. The van der Waals surface area contributed by atoms with Gasteiger partial charge < -0.3 is 19.9 Å². The summed E-state index contributed by atoms with van der Waals surface area (Å²) in [5, 5.41) is 0. The molecule has 0 aliphatic carbocycles. The largest absolute Gasteiger partial charge is 0.483 e. The van der Waals surface area contributed by atoms with Crippen LogP contribution in [-0.2, 0) is 13.7 Å². The van der Waals surface area contributed by atoms with Crippen LogP contribution in [0.1, 0.15) is 40.5 Å². The van der Waals surface area contributed by atoms with Crippen molar-refractivity contribution in [3.63, 3.8) is 0 Å². The Labute approximate surface area is 180 Å². The predicted octanol–water partition coefficient (Wildman–Crippen LogP) is 2.36. The molecule has 3 heterocycles. The second-order valence-electron chi connectivity index (χ2n) is 7.65. The van der Waals surface area contributed by atoms with E-state index in [4.69, 9.17) is 10.5 Å². The Hall–Kier alpha value is -3.68. The van der Waals surface area contributed by atoms with Gasteiger partial charge in [0.15, 0.2) is 11.4 Å². The summed E-state index contributed by atoms with van der Waals surface area (Å²) in [5.41, 5.74) is 7.50. The van der Waals surface area contributed by atoms with Crippen molar-refractivity contribution in [3.8, 4) is 5.75 Å². The number of nitrogen functional groups attached to an aromatic ring is 1. The summed E-state index contributed by atoms with van der Waals surface area (Å²) in [7, 11) is 1.75. The number of ether oxygens (including phenoxy) is 1. The van der Waals surface area contributed by atoms with Crippen LogP contribution in [0.3, 0.4) is 0 Å². The van der Waals surface area contributed by atoms with Crippen LogP contribution >= 0.6 is 0 Å². The maximum absolute atomic E-state index is 13.3. The number of hydrogen-bond donors (Lipinski definition) is 1. The smallest absolute Gasteiger partial charge is 0.274 e. The van der Waals surface area contributed by atoms with Gasteiger partial charge in [0, 0.05) is 50.2 Å². The van der Waals surface area contributed by atoms with Gasteiger partial charge in [-0.05, 0) is 24.5 Å². The third kappa shape index (κ3) is 4.58. The van der Waals surface area contributed by atoms with Crippen molar-refractivity contribution in [1.82, 2.24) is 19.4 Å². The highest BCUT2D eigenvalue weighted by molar-refractivity contribution is 5.95. The van der Waals surface area contributed by atoms with E-state index in [1.165, 1.54) is 6.07 Å². The van der Waals surface area contributed by atoms with Crippen LogP contribution in [-0.4, -0.2) is 38.4 Å². The van der Waals surface area contributed by atoms with Crippen LogP contribution in [0, 0.1) is 0 Å². The molecule has 1 fully saturated rings. The van der Waals surface area contributed by atoms with Gasteiger partial charge in [0.2, 0.25) is 11.4 Å². The molecule has 1 aromatic carbocycles. The molecule has 4 rings (SSSR count). The van der Waals surface area contributed by atoms with E-state index in [2.05, 4.69) is 9.97 Å². The molecule has 31 heavy (non-hydrogen) atoms. The average Bonchev–Trinajstić information content (AvgIpc) is 2.80. The van der Waals surface area contributed by atoms with E-state index >= 15 is 0 Å². The van der Waals surface area contributed by atoms with Crippen molar-refractivity contribution in [1.29, 1.82) is 0 Å². The van der Waals surface area contributed by atoms with E-state index in [-0.39, 0.29) is 41.3 Å². The summed E-state index contributed by atoms with van der Waals surface area (Å²) in [6, 6.07) is 12.9. The molecule has 0 bridgehead atoms. The first-order valence-electron chi connectivity index (χ1n) is 10.3. The summed E-state index contributed by atoms with van der Waals surface area (Å²) >= 11 is 0. The summed E-state index contributed by atoms with van der Waals surface area (Å²) in [6.07, 6.45) is 4.79. The number of benzene rings is 1. The zero-order valence-corrected chi connectivity index (χ0v) is 17.4. The molecule has 0 radical (unpaired) electrons. The topological polar surface area (TPSA) is 103 Å². The third-order valence-corrected chi connectivity index (χ3v) is 5.57. The molecule has 8 nitrogen and oxygen atoms in total. The van der Waals surface area contributed by atoms with E-state index in [0.717, 1.165) is 24.1 Å². The van der Waals surface area contributed by atoms with E-state index < -0.39 is 0 Å². The number of anilines is 1. The van der Waals surface area contributed by atoms with Gasteiger partial charge in [0.25, 0.3) is 5.91 Å². The minimum atomic E-state index is -0.302. The number of aryl methyl sites for hydroxylation is 1. The fraction of sp³-hybridized carbons (Fsp3) is 0.304. The number of nitrogens with zero attached hydrogens (tertiary/aromatic N) is 4. The van der Waals surface area contributed by atoms with E-state index in [0.29, 0.717) is 13.1 Å². The molecule has 8 heteroatoms. The van der Waals surface area contributed by atoms with E-state index in [9.17, 15) is 9.59 Å². The zero-order chi connectivity index (χ0) is 21.8. The van der Waals surface area contributed by atoms with Crippen LogP contribution in [0.5, 0.6) is 5.75 Å². The minimum absolute atomic E-state index is 0.0875. The van der Waals surface area contributed by atoms with Crippen LogP contribution < -0.4 is 15.9 Å². The molecule has 1 aliphatic rings. The second-order valence-corrected chi connectivity index (χ2v) is 7.65. The Balaban J connectivity index is 1.51. The van der Waals surface area contributed by atoms with Crippen molar-refractivity contribution in [3.05, 3.63) is 82.0 Å². The van der Waals surface area contributed by atoms with Gasteiger partial charge in [0.1, 0.15) is 6.61 Å². The van der Waals surface area contributed by atoms with Gasteiger partial charge in [-0.1, -0.05) is 30.3 Å². The number of likely N-dealkylation sites (tertiary alicyclic amines) is 1. The van der Waals surface area contributed by atoms with E-state index in [1.807, 2.05) is 36.4 Å². The van der Waals surface area contributed by atoms with E-state index in [1.54, 1.807) is 28.9 Å². The Kier molecular flexibility index (Phi) is 5.97. The fourth-order valence-corrected chi connectivity index (χ4v) is 3.87. The number of amides is 1. The fourth-order valence-electron chi connectivity index (χ4n) is 3.87. The van der Waals surface area contributed by atoms with Gasteiger partial charge >= 0.3 is 0 Å². The Morgan fingerprint density at radius 2 is 1.90 bits per heavy atom. The van der Waals surface area contributed by atoms with Crippen LogP contribution in [0.4, 0.5) is 5.95 Å². The molecule has 2 aromatic heterocycles. The SMILES string of the molecule is Cn1ccc(=O)c(OCc2ccccc2)c1C(=O)N1CCC(c2ccnc(N)n2)CC1. The molecule has 0 unspecified atom stereocenters. The highest BCUT2D eigenvalue weighted by Crippen LogP contribution is 2.28. The van der Waals surface area contributed by atoms with Gasteiger partial charge in [-0.15, -0.1) is 0 Å². The number of carbonyl (C=O) groups is 1. The number of pyridine rings is 1. The monoisotopic (exact) mass is 419 g/mol. The number of aromatic nitrogens is 3. The highest BCUT2D eigenvalue weighted by Gasteiger charge is 2.29. The molecule has 0 spiro atoms. The molecule has 1 aliphatic heterocycles. The normalized spacial score (nSPS) is 14.4. The maximum atomic E-state index is 13.3. The number of nitrogens with two attached hydrogens (primary N) is 1. The maximum Gasteiger partial charge on any atom is 0.274 e. The minimum Gasteiger partial charge on any atom is -0.483 e. The first-order valence-corrected chi connectivity index (χ1v) is 10.3. The van der Waals surface area contributed by atoms with Crippen LogP contribution in [0.15, 0.2) is 59.7 Å². The summed E-state index contributed by atoms with van der Waals surface area (Å²) < 4.78 is 7.49. The lowest BCUT2D eigenvalue weighted by Crippen LogP contribution is -2.40. The third-order valence-electron chi connectivity index (χ3n) is 5.57. The Morgan fingerprint density at radius 1 is 1.16 bits per heavy atom. The first-order chi connectivity index (χ1) is 15.0. The molecule has 2 N–H and O–H groups in total. The van der Waals surface area contributed by atoms with Crippen molar-refractivity contribution >= 4 is 11.9 Å². The first kappa shape index (κ1) is 20.6. The lowest BCUT2D eigenvalue weighted by molar-refractivity contribution is 0.0695. The highest BCUT2D eigenvalue weighted by atomic mass is 16.5. The molecular formula is C23H25N5O3. The van der Waals surface area contributed by atoms with Crippen LogP contribution in [0.25, 0.3) is 0 Å². The summed E-state index contributed by atoms with van der Waals surface area (Å²) in [4.78, 5) is 35.9. The molecule has 160 valence electrons. The molecule has 0 atom stereocenters. The number of rotatable bonds is 5. The summed E-state index contributed by atoms with van der Waals surface area (Å²) in [5.74, 6) is 0.367. The summed E-state index contributed by atoms with van der Waals surface area (Å²) in [6.45, 7) is 1.35. The number of piperidine rings is 1. The van der Waals surface area contributed by atoms with Crippen molar-refractivity contribution in [2.45, 2.75) is 25.4 Å². The van der Waals surface area contributed by atoms with Crippen molar-refractivity contribution in [2.24, 2.45) is 7.05 Å². The van der Waals surface area contributed by atoms with Gasteiger partial charge in [-0.3, -0.25) is 9.59 Å². The lowest BCUT2D eigenvalue weighted by atomic mass is 9.93.